The van der Waals surface area contributed by atoms with Crippen LogP contribution in [0.1, 0.15) is 55.3 Å². The number of methoxy groups -OCH3 is 1. The number of carbonyl (C=O) groups is 2. The molecule has 1 amide bonds. The van der Waals surface area contributed by atoms with Crippen LogP contribution < -0.4 is 4.74 Å². The average Bonchev–Trinajstić information content (AvgIpc) is 3.31. The van der Waals surface area contributed by atoms with Crippen molar-refractivity contribution in [2.45, 2.75) is 51.0 Å². The van der Waals surface area contributed by atoms with Crippen molar-refractivity contribution in [2.24, 2.45) is 0 Å². The fraction of sp³-hybridized carbons (Fsp3) is 0.357. The SMILES string of the molecule is COc1ccc2nccc(C(=O)CCCCC3CN(C4=COC=C(CC5=CC=CCC5)O4)C(=O)O3)c2n1. The largest absolute Gasteiger partial charge is 0.481 e. The summed E-state index contributed by atoms with van der Waals surface area (Å²) >= 11 is 0. The highest BCUT2D eigenvalue weighted by Crippen LogP contribution is 2.29. The van der Waals surface area contributed by atoms with E-state index >= 15 is 0 Å². The molecule has 0 radical (unpaired) electrons. The maximum atomic E-state index is 12.9. The number of aromatic nitrogens is 2. The van der Waals surface area contributed by atoms with Crippen LogP contribution in [-0.4, -0.2) is 46.5 Å². The monoisotopic (exact) mass is 503 g/mol. The second kappa shape index (κ2) is 11.3. The Bertz CT molecular complexity index is 1310. The molecule has 0 aromatic carbocycles. The maximum absolute atomic E-state index is 12.9. The Balaban J connectivity index is 1.10. The zero-order chi connectivity index (χ0) is 25.6. The summed E-state index contributed by atoms with van der Waals surface area (Å²) < 4.78 is 22.1. The van der Waals surface area contributed by atoms with Crippen LogP contribution in [0.4, 0.5) is 4.79 Å². The fourth-order valence-corrected chi connectivity index (χ4v) is 4.56. The van der Waals surface area contributed by atoms with Crippen molar-refractivity contribution in [3.63, 3.8) is 0 Å². The molecule has 0 saturated carbocycles. The number of pyridine rings is 2. The number of unbranched alkanes of at least 4 members (excludes halogenated alkanes) is 1. The Kier molecular flexibility index (Phi) is 7.49. The lowest BCUT2D eigenvalue weighted by Crippen LogP contribution is -2.27. The van der Waals surface area contributed by atoms with E-state index in [0.717, 1.165) is 19.3 Å². The minimum Gasteiger partial charge on any atom is -0.481 e. The average molecular weight is 504 g/mol. The molecular weight excluding hydrogens is 474 g/mol. The first-order valence-corrected chi connectivity index (χ1v) is 12.5. The van der Waals surface area contributed by atoms with E-state index in [0.29, 0.717) is 66.3 Å². The lowest BCUT2D eigenvalue weighted by molar-refractivity contribution is 0.0974. The van der Waals surface area contributed by atoms with Gasteiger partial charge in [-0.3, -0.25) is 9.78 Å². The van der Waals surface area contributed by atoms with Gasteiger partial charge in [-0.25, -0.2) is 14.7 Å². The van der Waals surface area contributed by atoms with Gasteiger partial charge in [-0.15, -0.1) is 0 Å². The summed E-state index contributed by atoms with van der Waals surface area (Å²) in [6.45, 7) is 0.374. The van der Waals surface area contributed by atoms with Crippen molar-refractivity contribution in [3.8, 4) is 5.88 Å². The van der Waals surface area contributed by atoms with Crippen LogP contribution in [0.2, 0.25) is 0 Å². The van der Waals surface area contributed by atoms with Gasteiger partial charge in [-0.2, -0.15) is 0 Å². The van der Waals surface area contributed by atoms with E-state index in [1.165, 1.54) is 23.8 Å². The Labute approximate surface area is 215 Å². The second-order valence-corrected chi connectivity index (χ2v) is 9.11. The zero-order valence-electron chi connectivity index (χ0n) is 20.7. The van der Waals surface area contributed by atoms with E-state index in [4.69, 9.17) is 18.9 Å². The second-order valence-electron chi connectivity index (χ2n) is 9.11. The first-order valence-electron chi connectivity index (χ1n) is 12.5. The minimum absolute atomic E-state index is 0.000931. The lowest BCUT2D eigenvalue weighted by Gasteiger charge is -2.22. The molecule has 5 rings (SSSR count). The normalized spacial score (nSPS) is 18.9. The van der Waals surface area contributed by atoms with Crippen molar-refractivity contribution >= 4 is 22.9 Å². The number of carbonyl (C=O) groups excluding carboxylic acids is 2. The van der Waals surface area contributed by atoms with E-state index in [2.05, 4.69) is 22.1 Å². The van der Waals surface area contributed by atoms with Gasteiger partial charge in [-0.05, 0) is 44.2 Å². The molecule has 3 aliphatic rings. The number of cyclic esters (lactones) is 1. The molecule has 0 bridgehead atoms. The smallest absolute Gasteiger partial charge is 0.417 e. The van der Waals surface area contributed by atoms with E-state index < -0.39 is 6.09 Å². The fourth-order valence-electron chi connectivity index (χ4n) is 4.56. The van der Waals surface area contributed by atoms with Crippen LogP contribution in [0.3, 0.4) is 0 Å². The molecule has 1 saturated heterocycles. The van der Waals surface area contributed by atoms with Crippen LogP contribution in [0.5, 0.6) is 5.88 Å². The first kappa shape index (κ1) is 24.5. The summed E-state index contributed by atoms with van der Waals surface area (Å²) in [4.78, 5) is 35.5. The number of allylic oxidation sites excluding steroid dienone is 4. The number of hydrogen-bond donors (Lipinski definition) is 0. The third-order valence-electron chi connectivity index (χ3n) is 6.49. The molecule has 37 heavy (non-hydrogen) atoms. The Morgan fingerprint density at radius 1 is 1.22 bits per heavy atom. The van der Waals surface area contributed by atoms with E-state index in [1.807, 2.05) is 6.08 Å². The lowest BCUT2D eigenvalue weighted by atomic mass is 10.0. The predicted molar refractivity (Wildman–Crippen MR) is 135 cm³/mol. The highest BCUT2D eigenvalue weighted by Gasteiger charge is 2.35. The topological polar surface area (TPSA) is 100 Å². The van der Waals surface area contributed by atoms with Crippen molar-refractivity contribution in [2.75, 3.05) is 13.7 Å². The van der Waals surface area contributed by atoms with Gasteiger partial charge in [0.1, 0.15) is 23.6 Å². The third-order valence-corrected chi connectivity index (χ3v) is 6.49. The molecule has 1 unspecified atom stereocenters. The molecule has 9 heteroatoms. The third kappa shape index (κ3) is 5.82. The molecule has 2 aromatic rings. The number of hydrogen-bond acceptors (Lipinski definition) is 8. The predicted octanol–water partition coefficient (Wildman–Crippen LogP) is 5.56. The highest BCUT2D eigenvalue weighted by molar-refractivity contribution is 6.05. The van der Waals surface area contributed by atoms with Gasteiger partial charge in [0.05, 0.1) is 19.2 Å². The molecule has 1 aliphatic carbocycles. The van der Waals surface area contributed by atoms with Crippen molar-refractivity contribution in [3.05, 3.63) is 77.9 Å². The number of nitrogens with zero attached hydrogens (tertiary/aromatic N) is 3. The van der Waals surface area contributed by atoms with Crippen molar-refractivity contribution < 1.29 is 28.5 Å². The van der Waals surface area contributed by atoms with Gasteiger partial charge in [0.25, 0.3) is 0 Å². The standard InChI is InChI=1S/C28H29N3O6/c1-34-25-12-11-23-27(30-25)22(13-14-29-23)24(32)10-6-5-9-20-16-31(28(33)37-20)26-18-35-17-21(36-26)15-19-7-3-2-4-8-19/h2-3,7,11-14,17-18,20H,4-6,8-10,15-16H2,1H3. The number of ether oxygens (including phenoxy) is 4. The zero-order valence-corrected chi connectivity index (χ0v) is 20.7. The van der Waals surface area contributed by atoms with E-state index in [-0.39, 0.29) is 11.9 Å². The molecule has 2 aliphatic heterocycles. The molecule has 0 spiro atoms. The summed E-state index contributed by atoms with van der Waals surface area (Å²) in [5.74, 6) is 1.43. The quantitative estimate of drug-likeness (QED) is 0.307. The number of rotatable bonds is 10. The summed E-state index contributed by atoms with van der Waals surface area (Å²) in [6, 6.07) is 5.20. The minimum atomic E-state index is -0.458. The van der Waals surface area contributed by atoms with Gasteiger partial charge in [0, 0.05) is 30.7 Å². The van der Waals surface area contributed by atoms with Crippen LogP contribution in [0.15, 0.2) is 72.4 Å². The molecule has 0 N–H and O–H groups in total. The Hall–Kier alpha value is -4.14. The van der Waals surface area contributed by atoms with Gasteiger partial charge in [0.2, 0.25) is 11.8 Å². The van der Waals surface area contributed by atoms with Crippen molar-refractivity contribution in [1.29, 1.82) is 0 Å². The van der Waals surface area contributed by atoms with E-state index in [9.17, 15) is 9.59 Å². The van der Waals surface area contributed by atoms with Crippen LogP contribution >= 0.6 is 0 Å². The number of Topliss-reactive ketones (excluding diaryl/α,β-unsaturated/α-hetero) is 1. The Morgan fingerprint density at radius 2 is 2.14 bits per heavy atom. The summed E-state index contributed by atoms with van der Waals surface area (Å²) in [5, 5.41) is 0. The summed E-state index contributed by atoms with van der Waals surface area (Å²) in [6.07, 6.45) is 15.2. The first-order chi connectivity index (χ1) is 18.1. The Morgan fingerprint density at radius 3 is 2.97 bits per heavy atom. The van der Waals surface area contributed by atoms with Gasteiger partial charge < -0.3 is 18.9 Å². The molecule has 1 fully saturated rings. The molecule has 2 aromatic heterocycles. The molecular formula is C28H29N3O6. The summed E-state index contributed by atoms with van der Waals surface area (Å²) in [5.41, 5.74) is 2.98. The summed E-state index contributed by atoms with van der Waals surface area (Å²) in [7, 11) is 1.54. The maximum Gasteiger partial charge on any atom is 0.417 e. The highest BCUT2D eigenvalue weighted by atomic mass is 16.6. The van der Waals surface area contributed by atoms with Crippen molar-refractivity contribution in [1.82, 2.24) is 14.9 Å². The molecule has 4 heterocycles. The molecule has 9 nitrogen and oxygen atoms in total. The number of ketones is 1. The van der Waals surface area contributed by atoms with Crippen LogP contribution in [0.25, 0.3) is 11.0 Å². The molecule has 192 valence electrons. The number of fused-ring (bicyclic) bond motifs is 1. The number of amides is 1. The van der Waals surface area contributed by atoms with Crippen LogP contribution in [-0.2, 0) is 14.2 Å². The van der Waals surface area contributed by atoms with Crippen LogP contribution in [0, 0.1) is 0 Å². The van der Waals surface area contributed by atoms with Gasteiger partial charge in [0.15, 0.2) is 12.0 Å². The van der Waals surface area contributed by atoms with Gasteiger partial charge in [-0.1, -0.05) is 23.8 Å². The molecule has 1 atom stereocenters. The van der Waals surface area contributed by atoms with Gasteiger partial charge >= 0.3 is 6.09 Å². The van der Waals surface area contributed by atoms with E-state index in [1.54, 1.807) is 30.7 Å².